The topological polar surface area (TPSA) is 101 Å². The molecule has 12 heavy (non-hydrogen) atoms. The van der Waals surface area contributed by atoms with Gasteiger partial charge in [0, 0.05) is 0 Å². The predicted molar refractivity (Wildman–Crippen MR) is 39.8 cm³/mol. The lowest BCUT2D eigenvalue weighted by Gasteiger charge is -2.06. The molecule has 0 bridgehead atoms. The van der Waals surface area contributed by atoms with Crippen LogP contribution in [-0.2, 0) is 0 Å². The second-order valence-corrected chi connectivity index (χ2v) is 2.43. The van der Waals surface area contributed by atoms with Crippen molar-refractivity contribution in [1.29, 1.82) is 0 Å². The van der Waals surface area contributed by atoms with E-state index in [0.29, 0.717) is 0 Å². The average molecular weight is 193 g/mol. The van der Waals surface area contributed by atoms with E-state index >= 15 is 0 Å². The van der Waals surface area contributed by atoms with Crippen LogP contribution in [0.5, 0.6) is 28.7 Å². The standard InChI is InChI=1S/C6H5ClO5/c7-1-2(8)4(10)6(12)5(11)3(1)9/h8-12H. The van der Waals surface area contributed by atoms with E-state index in [0.717, 1.165) is 0 Å². The fraction of sp³-hybridized carbons (Fsp3) is 0. The highest BCUT2D eigenvalue weighted by Crippen LogP contribution is 2.52. The van der Waals surface area contributed by atoms with Gasteiger partial charge in [0.1, 0.15) is 5.02 Å². The summed E-state index contributed by atoms with van der Waals surface area (Å²) in [6.07, 6.45) is 0. The minimum atomic E-state index is -1.02. The number of benzene rings is 1. The third-order valence-corrected chi connectivity index (χ3v) is 1.67. The highest BCUT2D eigenvalue weighted by atomic mass is 35.5. The minimum Gasteiger partial charge on any atom is -0.503 e. The maximum Gasteiger partial charge on any atom is 0.208 e. The largest absolute Gasteiger partial charge is 0.503 e. The summed E-state index contributed by atoms with van der Waals surface area (Å²) in [5.74, 6) is -4.74. The molecule has 0 aliphatic rings. The molecule has 1 aromatic rings. The summed E-state index contributed by atoms with van der Waals surface area (Å²) in [5.41, 5.74) is 0. The van der Waals surface area contributed by atoms with E-state index in [1.165, 1.54) is 0 Å². The van der Waals surface area contributed by atoms with Gasteiger partial charge in [0.2, 0.25) is 17.2 Å². The zero-order valence-electron chi connectivity index (χ0n) is 5.61. The summed E-state index contributed by atoms with van der Waals surface area (Å²) >= 11 is 5.23. The minimum absolute atomic E-state index is 0.622. The third kappa shape index (κ3) is 0.947. The lowest BCUT2D eigenvalue weighted by molar-refractivity contribution is 0.328. The Morgan fingerprint density at radius 2 is 0.833 bits per heavy atom. The van der Waals surface area contributed by atoms with Crippen LogP contribution in [0.2, 0.25) is 5.02 Å². The van der Waals surface area contributed by atoms with E-state index in [4.69, 9.17) is 37.1 Å². The molecule has 1 aromatic carbocycles. The maximum absolute atomic E-state index is 8.88. The summed E-state index contributed by atoms with van der Waals surface area (Å²) in [5, 5.41) is 43.6. The lowest BCUT2D eigenvalue weighted by atomic mass is 10.2. The first-order chi connectivity index (χ1) is 5.46. The molecular formula is C6H5ClO5. The molecule has 0 unspecified atom stereocenters. The van der Waals surface area contributed by atoms with Crippen LogP contribution in [-0.4, -0.2) is 25.5 Å². The molecule has 6 heteroatoms. The zero-order valence-corrected chi connectivity index (χ0v) is 6.37. The van der Waals surface area contributed by atoms with Gasteiger partial charge in [0.15, 0.2) is 11.5 Å². The number of hydrogen-bond donors (Lipinski definition) is 5. The normalized spacial score (nSPS) is 10.1. The number of rotatable bonds is 0. The molecule has 0 fully saturated rings. The molecule has 66 valence electrons. The van der Waals surface area contributed by atoms with Crippen molar-refractivity contribution in [3.05, 3.63) is 5.02 Å². The predicted octanol–water partition coefficient (Wildman–Crippen LogP) is 0.868. The first-order valence-electron chi connectivity index (χ1n) is 2.81. The quantitative estimate of drug-likeness (QED) is 0.310. The second-order valence-electron chi connectivity index (χ2n) is 2.06. The molecular weight excluding hydrogens is 188 g/mol. The van der Waals surface area contributed by atoms with Gasteiger partial charge < -0.3 is 25.5 Å². The fourth-order valence-corrected chi connectivity index (χ4v) is 0.836. The number of phenolic OH excluding ortho intramolecular Hbond substituents is 5. The Morgan fingerprint density at radius 1 is 0.583 bits per heavy atom. The number of halogens is 1. The summed E-state index contributed by atoms with van der Waals surface area (Å²) in [7, 11) is 0. The van der Waals surface area contributed by atoms with Crippen molar-refractivity contribution >= 4 is 11.6 Å². The Bertz CT molecular complexity index is 230. The van der Waals surface area contributed by atoms with Crippen LogP contribution in [0.15, 0.2) is 0 Å². The van der Waals surface area contributed by atoms with Gasteiger partial charge >= 0.3 is 0 Å². The van der Waals surface area contributed by atoms with Gasteiger partial charge in [-0.05, 0) is 0 Å². The maximum atomic E-state index is 8.88. The Labute approximate surface area is 71.7 Å². The van der Waals surface area contributed by atoms with Gasteiger partial charge in [0.05, 0.1) is 0 Å². The molecule has 1 rings (SSSR count). The van der Waals surface area contributed by atoms with Crippen LogP contribution >= 0.6 is 11.6 Å². The first kappa shape index (κ1) is 8.61. The molecule has 0 saturated heterocycles. The van der Waals surface area contributed by atoms with E-state index < -0.39 is 33.8 Å². The van der Waals surface area contributed by atoms with Crippen molar-refractivity contribution in [2.75, 3.05) is 0 Å². The summed E-state index contributed by atoms with van der Waals surface area (Å²) in [6.45, 7) is 0. The highest BCUT2D eigenvalue weighted by molar-refractivity contribution is 6.34. The Kier molecular flexibility index (Phi) is 1.81. The monoisotopic (exact) mass is 192 g/mol. The van der Waals surface area contributed by atoms with Crippen molar-refractivity contribution in [3.63, 3.8) is 0 Å². The van der Waals surface area contributed by atoms with Gasteiger partial charge in [-0.1, -0.05) is 11.6 Å². The molecule has 0 spiro atoms. The number of hydrogen-bond acceptors (Lipinski definition) is 5. The summed E-state index contributed by atoms with van der Waals surface area (Å²) < 4.78 is 0. The van der Waals surface area contributed by atoms with Crippen molar-refractivity contribution in [2.24, 2.45) is 0 Å². The van der Waals surface area contributed by atoms with Crippen LogP contribution in [0, 0.1) is 0 Å². The van der Waals surface area contributed by atoms with Crippen molar-refractivity contribution < 1.29 is 25.5 Å². The van der Waals surface area contributed by atoms with Crippen LogP contribution in [0.25, 0.3) is 0 Å². The first-order valence-corrected chi connectivity index (χ1v) is 3.18. The van der Waals surface area contributed by atoms with Crippen LogP contribution in [0.1, 0.15) is 0 Å². The molecule has 0 radical (unpaired) electrons. The van der Waals surface area contributed by atoms with Crippen molar-refractivity contribution in [3.8, 4) is 28.7 Å². The van der Waals surface area contributed by atoms with E-state index in [1.807, 2.05) is 0 Å². The molecule has 0 heterocycles. The Morgan fingerprint density at radius 3 is 1.17 bits per heavy atom. The van der Waals surface area contributed by atoms with Gasteiger partial charge in [-0.2, -0.15) is 0 Å². The number of phenols is 5. The molecule has 0 aliphatic carbocycles. The van der Waals surface area contributed by atoms with Crippen LogP contribution in [0.4, 0.5) is 0 Å². The van der Waals surface area contributed by atoms with E-state index in [9.17, 15) is 0 Å². The molecule has 0 aliphatic heterocycles. The fourth-order valence-electron chi connectivity index (χ4n) is 0.657. The number of aromatic hydroxyl groups is 5. The second kappa shape index (κ2) is 2.53. The summed E-state index contributed by atoms with van der Waals surface area (Å²) in [4.78, 5) is 0. The third-order valence-electron chi connectivity index (χ3n) is 1.31. The van der Waals surface area contributed by atoms with Crippen molar-refractivity contribution in [1.82, 2.24) is 0 Å². The molecule has 0 saturated carbocycles. The van der Waals surface area contributed by atoms with Gasteiger partial charge in [-0.25, -0.2) is 0 Å². The zero-order chi connectivity index (χ0) is 9.46. The summed E-state index contributed by atoms with van der Waals surface area (Å²) in [6, 6.07) is 0. The van der Waals surface area contributed by atoms with E-state index in [-0.39, 0.29) is 0 Å². The van der Waals surface area contributed by atoms with Gasteiger partial charge in [0.25, 0.3) is 0 Å². The average Bonchev–Trinajstić information content (AvgIpc) is 2.08. The van der Waals surface area contributed by atoms with Gasteiger partial charge in [-0.15, -0.1) is 0 Å². The lowest BCUT2D eigenvalue weighted by Crippen LogP contribution is -1.77. The van der Waals surface area contributed by atoms with Crippen LogP contribution < -0.4 is 0 Å². The SMILES string of the molecule is Oc1c(O)c(O)c(Cl)c(O)c1O. The van der Waals surface area contributed by atoms with Gasteiger partial charge in [-0.3, -0.25) is 0 Å². The smallest absolute Gasteiger partial charge is 0.208 e. The molecule has 0 atom stereocenters. The van der Waals surface area contributed by atoms with E-state index in [2.05, 4.69) is 0 Å². The Hall–Kier alpha value is -1.49. The highest BCUT2D eigenvalue weighted by Gasteiger charge is 2.21. The molecule has 5 N–H and O–H groups in total. The van der Waals surface area contributed by atoms with E-state index in [1.54, 1.807) is 0 Å². The Balaban J connectivity index is 3.60. The van der Waals surface area contributed by atoms with Crippen molar-refractivity contribution in [2.45, 2.75) is 0 Å². The molecule has 0 amide bonds. The molecule has 0 aromatic heterocycles. The van der Waals surface area contributed by atoms with Crippen LogP contribution in [0.3, 0.4) is 0 Å². The molecule has 5 nitrogen and oxygen atoms in total.